The summed E-state index contributed by atoms with van der Waals surface area (Å²) in [4.78, 5) is 2.46. The number of nitrogen functional groups attached to an aromatic ring is 1. The van der Waals surface area contributed by atoms with Crippen molar-refractivity contribution in [3.63, 3.8) is 0 Å². The Labute approximate surface area is 123 Å². The fraction of sp³-hybridized carbons (Fsp3) is 0.647. The van der Waals surface area contributed by atoms with E-state index in [4.69, 9.17) is 10.5 Å². The highest BCUT2D eigenvalue weighted by molar-refractivity contribution is 5.41. The molecule has 0 unspecified atom stereocenters. The molecule has 112 valence electrons. The lowest BCUT2D eigenvalue weighted by molar-refractivity contribution is 0.141. The molecule has 1 aromatic rings. The van der Waals surface area contributed by atoms with Crippen molar-refractivity contribution in [3.8, 4) is 5.75 Å². The van der Waals surface area contributed by atoms with Gasteiger partial charge < -0.3 is 15.4 Å². The maximum absolute atomic E-state index is 5.77. The van der Waals surface area contributed by atoms with Crippen LogP contribution in [0.2, 0.25) is 0 Å². The van der Waals surface area contributed by atoms with Crippen molar-refractivity contribution < 1.29 is 4.74 Å². The second-order valence-electron chi connectivity index (χ2n) is 5.98. The summed E-state index contributed by atoms with van der Waals surface area (Å²) in [7, 11) is 2.23. The van der Waals surface area contributed by atoms with E-state index in [2.05, 4.69) is 18.9 Å². The third kappa shape index (κ3) is 4.41. The zero-order valence-corrected chi connectivity index (χ0v) is 12.8. The molecule has 2 rings (SSSR count). The summed E-state index contributed by atoms with van der Waals surface area (Å²) in [6.45, 7) is 4.05. The van der Waals surface area contributed by atoms with Crippen LogP contribution in [0.25, 0.3) is 0 Å². The summed E-state index contributed by atoms with van der Waals surface area (Å²) in [5.41, 5.74) is 6.44. The topological polar surface area (TPSA) is 38.5 Å². The predicted octanol–water partition coefficient (Wildman–Crippen LogP) is 3.55. The standard InChI is InChI=1S/C17H28N2O/c1-3-14-4-8-16(9-5-14)19(2)12-13-20-17-10-6-15(18)7-11-17/h6-7,10-11,14,16H,3-5,8-9,12-13,18H2,1-2H3. The van der Waals surface area contributed by atoms with E-state index in [1.54, 1.807) is 0 Å². The molecule has 0 spiro atoms. The highest BCUT2D eigenvalue weighted by Crippen LogP contribution is 2.28. The van der Waals surface area contributed by atoms with Crippen LogP contribution in [-0.2, 0) is 0 Å². The molecule has 0 saturated heterocycles. The molecule has 20 heavy (non-hydrogen) atoms. The lowest BCUT2D eigenvalue weighted by Gasteiger charge is -2.34. The fourth-order valence-electron chi connectivity index (χ4n) is 3.05. The van der Waals surface area contributed by atoms with E-state index in [0.717, 1.165) is 36.5 Å². The molecule has 1 aromatic carbocycles. The normalized spacial score (nSPS) is 22.9. The number of rotatable bonds is 6. The molecule has 3 nitrogen and oxygen atoms in total. The quantitative estimate of drug-likeness (QED) is 0.808. The summed E-state index contributed by atoms with van der Waals surface area (Å²) in [5, 5.41) is 0. The molecule has 0 aliphatic heterocycles. The molecule has 1 fully saturated rings. The van der Waals surface area contributed by atoms with Gasteiger partial charge in [-0.05, 0) is 62.9 Å². The third-order valence-corrected chi connectivity index (χ3v) is 4.61. The van der Waals surface area contributed by atoms with Crippen LogP contribution < -0.4 is 10.5 Å². The number of nitrogens with zero attached hydrogens (tertiary/aromatic N) is 1. The van der Waals surface area contributed by atoms with E-state index in [1.165, 1.54) is 32.1 Å². The Kier molecular flexibility index (Phi) is 5.72. The van der Waals surface area contributed by atoms with E-state index >= 15 is 0 Å². The van der Waals surface area contributed by atoms with E-state index in [1.807, 2.05) is 24.3 Å². The Balaban J connectivity index is 1.67. The summed E-state index contributed by atoms with van der Waals surface area (Å²) >= 11 is 0. The van der Waals surface area contributed by atoms with Crippen LogP contribution in [0.3, 0.4) is 0 Å². The third-order valence-electron chi connectivity index (χ3n) is 4.61. The van der Waals surface area contributed by atoms with Crippen LogP contribution in [0.15, 0.2) is 24.3 Å². The molecule has 0 bridgehead atoms. The smallest absolute Gasteiger partial charge is 0.119 e. The van der Waals surface area contributed by atoms with Gasteiger partial charge in [-0.2, -0.15) is 0 Å². The van der Waals surface area contributed by atoms with Gasteiger partial charge in [0.05, 0.1) is 0 Å². The second kappa shape index (κ2) is 7.53. The van der Waals surface area contributed by atoms with Crippen LogP contribution in [-0.4, -0.2) is 31.1 Å². The number of likely N-dealkylation sites (N-methyl/N-ethyl adjacent to an activating group) is 1. The molecule has 1 aliphatic rings. The molecule has 2 N–H and O–H groups in total. The first kappa shape index (κ1) is 15.2. The Bertz CT molecular complexity index is 382. The van der Waals surface area contributed by atoms with Crippen LogP contribution in [0, 0.1) is 5.92 Å². The molecule has 3 heteroatoms. The van der Waals surface area contributed by atoms with E-state index in [9.17, 15) is 0 Å². The largest absolute Gasteiger partial charge is 0.492 e. The molecule has 0 atom stereocenters. The summed E-state index contributed by atoms with van der Waals surface area (Å²) in [5.74, 6) is 1.87. The minimum atomic E-state index is 0.743. The van der Waals surface area contributed by atoms with Gasteiger partial charge in [0.25, 0.3) is 0 Å². The minimum Gasteiger partial charge on any atom is -0.492 e. The first-order valence-corrected chi connectivity index (χ1v) is 7.87. The Morgan fingerprint density at radius 2 is 1.80 bits per heavy atom. The van der Waals surface area contributed by atoms with Gasteiger partial charge in [-0.1, -0.05) is 13.3 Å². The van der Waals surface area contributed by atoms with Crippen molar-refractivity contribution >= 4 is 5.69 Å². The molecule has 0 radical (unpaired) electrons. The highest BCUT2D eigenvalue weighted by atomic mass is 16.5. The first-order valence-electron chi connectivity index (χ1n) is 7.87. The van der Waals surface area contributed by atoms with Gasteiger partial charge >= 0.3 is 0 Å². The van der Waals surface area contributed by atoms with Gasteiger partial charge in [0.15, 0.2) is 0 Å². The highest BCUT2D eigenvalue weighted by Gasteiger charge is 2.22. The summed E-state index contributed by atoms with van der Waals surface area (Å²) in [6.07, 6.45) is 6.82. The Morgan fingerprint density at radius 1 is 1.15 bits per heavy atom. The number of nitrogens with two attached hydrogens (primary N) is 1. The van der Waals surface area contributed by atoms with E-state index in [0.29, 0.717) is 0 Å². The fourth-order valence-corrected chi connectivity index (χ4v) is 3.05. The zero-order valence-electron chi connectivity index (χ0n) is 12.8. The molecule has 1 aliphatic carbocycles. The zero-order chi connectivity index (χ0) is 14.4. The molecule has 0 amide bonds. The second-order valence-corrected chi connectivity index (χ2v) is 5.98. The SMILES string of the molecule is CCC1CCC(N(C)CCOc2ccc(N)cc2)CC1. The Hall–Kier alpha value is -1.22. The van der Waals surface area contributed by atoms with Crippen molar-refractivity contribution in [2.24, 2.45) is 5.92 Å². The predicted molar refractivity (Wildman–Crippen MR) is 85.0 cm³/mol. The van der Waals surface area contributed by atoms with Crippen LogP contribution in [0.1, 0.15) is 39.0 Å². The number of benzene rings is 1. The van der Waals surface area contributed by atoms with Gasteiger partial charge in [0.1, 0.15) is 12.4 Å². The van der Waals surface area contributed by atoms with Gasteiger partial charge in [-0.3, -0.25) is 0 Å². The lowest BCUT2D eigenvalue weighted by Crippen LogP contribution is -2.37. The molecule has 1 saturated carbocycles. The minimum absolute atomic E-state index is 0.743. The van der Waals surface area contributed by atoms with Gasteiger partial charge in [0.2, 0.25) is 0 Å². The number of ether oxygens (including phenoxy) is 1. The number of hydrogen-bond donors (Lipinski definition) is 1. The maximum Gasteiger partial charge on any atom is 0.119 e. The lowest BCUT2D eigenvalue weighted by atomic mass is 9.84. The van der Waals surface area contributed by atoms with Crippen molar-refractivity contribution in [1.29, 1.82) is 0 Å². The van der Waals surface area contributed by atoms with Crippen molar-refractivity contribution in [2.45, 2.75) is 45.1 Å². The molecule has 0 aromatic heterocycles. The molecule has 0 heterocycles. The van der Waals surface area contributed by atoms with Crippen LogP contribution in [0.5, 0.6) is 5.75 Å². The van der Waals surface area contributed by atoms with Crippen molar-refractivity contribution in [3.05, 3.63) is 24.3 Å². The van der Waals surface area contributed by atoms with Gasteiger partial charge in [-0.15, -0.1) is 0 Å². The average molecular weight is 276 g/mol. The molecular formula is C17H28N2O. The average Bonchev–Trinajstić information content (AvgIpc) is 2.49. The van der Waals surface area contributed by atoms with Gasteiger partial charge in [-0.25, -0.2) is 0 Å². The summed E-state index contributed by atoms with van der Waals surface area (Å²) < 4.78 is 5.77. The Morgan fingerprint density at radius 3 is 2.40 bits per heavy atom. The monoisotopic (exact) mass is 276 g/mol. The van der Waals surface area contributed by atoms with Crippen LogP contribution >= 0.6 is 0 Å². The number of anilines is 1. The van der Waals surface area contributed by atoms with Gasteiger partial charge in [0, 0.05) is 18.3 Å². The number of hydrogen-bond acceptors (Lipinski definition) is 3. The van der Waals surface area contributed by atoms with Crippen molar-refractivity contribution in [1.82, 2.24) is 4.90 Å². The van der Waals surface area contributed by atoms with E-state index in [-0.39, 0.29) is 0 Å². The first-order chi connectivity index (χ1) is 9.69. The van der Waals surface area contributed by atoms with Crippen molar-refractivity contribution in [2.75, 3.05) is 25.9 Å². The molecular weight excluding hydrogens is 248 g/mol. The maximum atomic E-state index is 5.77. The van der Waals surface area contributed by atoms with E-state index < -0.39 is 0 Å². The summed E-state index contributed by atoms with van der Waals surface area (Å²) in [6, 6.07) is 8.37. The van der Waals surface area contributed by atoms with Crippen LogP contribution in [0.4, 0.5) is 5.69 Å².